The van der Waals surface area contributed by atoms with E-state index in [0.717, 1.165) is 25.9 Å². The minimum atomic E-state index is 0. The Hall–Kier alpha value is -0.850. The summed E-state index contributed by atoms with van der Waals surface area (Å²) in [6.45, 7) is 4.75. The predicted octanol–water partition coefficient (Wildman–Crippen LogP) is -0.227. The van der Waals surface area contributed by atoms with Crippen molar-refractivity contribution in [1.29, 1.82) is 0 Å². The van der Waals surface area contributed by atoms with Crippen molar-refractivity contribution < 1.29 is 14.3 Å². The Balaban J connectivity index is 0.00000200. The van der Waals surface area contributed by atoms with Crippen molar-refractivity contribution in [2.75, 3.05) is 45.9 Å². The summed E-state index contributed by atoms with van der Waals surface area (Å²) >= 11 is 0. The van der Waals surface area contributed by atoms with Crippen LogP contribution in [0.1, 0.15) is 19.3 Å². The van der Waals surface area contributed by atoms with Gasteiger partial charge in [0.25, 0.3) is 0 Å². The van der Waals surface area contributed by atoms with Crippen molar-refractivity contribution in [3.8, 4) is 0 Å². The molecular formula is C13H24ClN3O3. The molecule has 0 radical (unpaired) electrons. The fraction of sp³-hybridized carbons (Fsp3) is 0.846. The third kappa shape index (κ3) is 5.26. The number of carbonyl (C=O) groups excluding carboxylic acids is 2. The molecule has 0 aromatic rings. The van der Waals surface area contributed by atoms with E-state index in [9.17, 15) is 9.59 Å². The molecule has 0 aliphatic carbocycles. The van der Waals surface area contributed by atoms with Gasteiger partial charge in [-0.1, -0.05) is 0 Å². The van der Waals surface area contributed by atoms with Crippen LogP contribution in [0.2, 0.25) is 0 Å². The van der Waals surface area contributed by atoms with Crippen LogP contribution in [0.3, 0.4) is 0 Å². The summed E-state index contributed by atoms with van der Waals surface area (Å²) in [5.74, 6) is 0.236. The summed E-state index contributed by atoms with van der Waals surface area (Å²) in [6.07, 6.45) is 2.37. The van der Waals surface area contributed by atoms with Gasteiger partial charge in [-0.25, -0.2) is 0 Å². The number of rotatable bonds is 4. The predicted molar refractivity (Wildman–Crippen MR) is 77.9 cm³/mol. The zero-order valence-electron chi connectivity index (χ0n) is 11.7. The highest BCUT2D eigenvalue weighted by molar-refractivity contribution is 5.85. The van der Waals surface area contributed by atoms with Crippen molar-refractivity contribution in [3.05, 3.63) is 0 Å². The van der Waals surface area contributed by atoms with Crippen LogP contribution in [0.25, 0.3) is 0 Å². The summed E-state index contributed by atoms with van der Waals surface area (Å²) < 4.78 is 5.20. The van der Waals surface area contributed by atoms with E-state index in [4.69, 9.17) is 4.74 Å². The molecule has 2 saturated heterocycles. The topological polar surface area (TPSA) is 70.7 Å². The Morgan fingerprint density at radius 2 is 2.05 bits per heavy atom. The Kier molecular flexibility index (Phi) is 7.87. The molecule has 2 heterocycles. The van der Waals surface area contributed by atoms with E-state index in [0.29, 0.717) is 39.3 Å². The van der Waals surface area contributed by atoms with Gasteiger partial charge in [0, 0.05) is 32.6 Å². The smallest absolute Gasteiger partial charge is 0.224 e. The molecule has 0 aromatic carbocycles. The molecule has 0 unspecified atom stereocenters. The lowest BCUT2D eigenvalue weighted by Crippen LogP contribution is -2.43. The fourth-order valence-corrected chi connectivity index (χ4v) is 2.48. The normalized spacial score (nSPS) is 22.8. The number of hydrogen-bond acceptors (Lipinski definition) is 4. The number of carbonyl (C=O) groups is 2. The molecule has 6 nitrogen and oxygen atoms in total. The fourth-order valence-electron chi connectivity index (χ4n) is 2.48. The monoisotopic (exact) mass is 305 g/mol. The SMILES string of the molecule is Cl.O=C(NCCC(=O)N1CCOCC1)[C@@H]1CCCNC1. The third-order valence-electron chi connectivity index (χ3n) is 3.67. The molecule has 20 heavy (non-hydrogen) atoms. The van der Waals surface area contributed by atoms with Crippen molar-refractivity contribution in [3.63, 3.8) is 0 Å². The molecule has 1 atom stereocenters. The maximum Gasteiger partial charge on any atom is 0.224 e. The first kappa shape index (κ1) is 17.2. The van der Waals surface area contributed by atoms with Crippen LogP contribution >= 0.6 is 12.4 Å². The molecule has 0 spiro atoms. The molecule has 2 aliphatic heterocycles. The first-order chi connectivity index (χ1) is 9.27. The third-order valence-corrected chi connectivity index (χ3v) is 3.67. The highest BCUT2D eigenvalue weighted by atomic mass is 35.5. The maximum absolute atomic E-state index is 11.9. The second-order valence-corrected chi connectivity index (χ2v) is 5.08. The van der Waals surface area contributed by atoms with E-state index in [-0.39, 0.29) is 30.1 Å². The highest BCUT2D eigenvalue weighted by Gasteiger charge is 2.21. The largest absolute Gasteiger partial charge is 0.378 e. The maximum atomic E-state index is 11.9. The van der Waals surface area contributed by atoms with E-state index in [1.54, 1.807) is 4.90 Å². The number of halogens is 1. The number of nitrogens with zero attached hydrogens (tertiary/aromatic N) is 1. The van der Waals surface area contributed by atoms with Crippen LogP contribution in [0.4, 0.5) is 0 Å². The first-order valence-corrected chi connectivity index (χ1v) is 7.11. The van der Waals surface area contributed by atoms with Gasteiger partial charge in [0.05, 0.1) is 19.1 Å². The number of hydrogen-bond donors (Lipinski definition) is 2. The van der Waals surface area contributed by atoms with Gasteiger partial charge in [0.1, 0.15) is 0 Å². The van der Waals surface area contributed by atoms with Crippen molar-refractivity contribution >= 4 is 24.2 Å². The van der Waals surface area contributed by atoms with Gasteiger partial charge in [0.15, 0.2) is 0 Å². The number of morpholine rings is 1. The lowest BCUT2D eigenvalue weighted by molar-refractivity contribution is -0.135. The number of amides is 2. The average molecular weight is 306 g/mol. The summed E-state index contributed by atoms with van der Waals surface area (Å²) in [7, 11) is 0. The molecule has 116 valence electrons. The minimum Gasteiger partial charge on any atom is -0.378 e. The van der Waals surface area contributed by atoms with Crippen molar-refractivity contribution in [1.82, 2.24) is 15.5 Å². The zero-order chi connectivity index (χ0) is 13.5. The number of nitrogens with one attached hydrogen (secondary N) is 2. The Bertz CT molecular complexity index is 286. The van der Waals surface area contributed by atoms with Gasteiger partial charge in [-0.2, -0.15) is 0 Å². The molecule has 2 fully saturated rings. The van der Waals surface area contributed by atoms with E-state index < -0.39 is 0 Å². The molecule has 2 rings (SSSR count). The van der Waals surface area contributed by atoms with Crippen LogP contribution in [-0.2, 0) is 14.3 Å². The van der Waals surface area contributed by atoms with Gasteiger partial charge in [-0.3, -0.25) is 9.59 Å². The molecule has 2 aliphatic rings. The second kappa shape index (κ2) is 9.15. The van der Waals surface area contributed by atoms with Crippen molar-refractivity contribution in [2.45, 2.75) is 19.3 Å². The minimum absolute atomic E-state index is 0. The van der Waals surface area contributed by atoms with E-state index in [1.165, 1.54) is 0 Å². The van der Waals surface area contributed by atoms with Crippen LogP contribution in [0.15, 0.2) is 0 Å². The van der Waals surface area contributed by atoms with E-state index in [2.05, 4.69) is 10.6 Å². The molecule has 0 bridgehead atoms. The van der Waals surface area contributed by atoms with E-state index in [1.807, 2.05) is 0 Å². The lowest BCUT2D eigenvalue weighted by Gasteiger charge is -2.27. The summed E-state index contributed by atoms with van der Waals surface area (Å²) in [4.78, 5) is 25.5. The summed E-state index contributed by atoms with van der Waals surface area (Å²) in [5.41, 5.74) is 0. The standard InChI is InChI=1S/C13H23N3O3.ClH/c17-12(16-6-8-19-9-7-16)3-5-15-13(18)11-2-1-4-14-10-11;/h11,14H,1-10H2,(H,15,18);1H/t11-;/m1./s1. The molecule has 7 heteroatoms. The van der Waals surface area contributed by atoms with Gasteiger partial charge >= 0.3 is 0 Å². The summed E-state index contributed by atoms with van der Waals surface area (Å²) in [5, 5.41) is 6.08. The Morgan fingerprint density at radius 3 is 2.70 bits per heavy atom. The number of ether oxygens (including phenoxy) is 1. The number of piperidine rings is 1. The molecule has 2 N–H and O–H groups in total. The highest BCUT2D eigenvalue weighted by Crippen LogP contribution is 2.09. The molecular weight excluding hydrogens is 282 g/mol. The van der Waals surface area contributed by atoms with Gasteiger partial charge in [0.2, 0.25) is 11.8 Å². The first-order valence-electron chi connectivity index (χ1n) is 7.11. The van der Waals surface area contributed by atoms with Gasteiger partial charge in [-0.15, -0.1) is 12.4 Å². The molecule has 0 saturated carbocycles. The van der Waals surface area contributed by atoms with Gasteiger partial charge in [-0.05, 0) is 19.4 Å². The molecule has 0 aromatic heterocycles. The van der Waals surface area contributed by atoms with Crippen LogP contribution in [0, 0.1) is 5.92 Å². The van der Waals surface area contributed by atoms with E-state index >= 15 is 0 Å². The quantitative estimate of drug-likeness (QED) is 0.753. The Labute approximate surface area is 126 Å². The van der Waals surface area contributed by atoms with Gasteiger partial charge < -0.3 is 20.3 Å². The zero-order valence-corrected chi connectivity index (χ0v) is 12.5. The van der Waals surface area contributed by atoms with Crippen LogP contribution in [-0.4, -0.2) is 62.7 Å². The summed E-state index contributed by atoms with van der Waals surface area (Å²) in [6, 6.07) is 0. The average Bonchev–Trinajstić information content (AvgIpc) is 2.49. The van der Waals surface area contributed by atoms with Crippen molar-refractivity contribution in [2.24, 2.45) is 5.92 Å². The molecule has 2 amide bonds. The second-order valence-electron chi connectivity index (χ2n) is 5.08. The van der Waals surface area contributed by atoms with Crippen LogP contribution in [0.5, 0.6) is 0 Å². The Morgan fingerprint density at radius 1 is 1.30 bits per heavy atom. The van der Waals surface area contributed by atoms with Crippen LogP contribution < -0.4 is 10.6 Å². The lowest BCUT2D eigenvalue weighted by atomic mass is 9.99.